The lowest BCUT2D eigenvalue weighted by atomic mass is 9.96. The van der Waals surface area contributed by atoms with E-state index in [0.717, 1.165) is 5.56 Å². The zero-order chi connectivity index (χ0) is 20.1. The Hall–Kier alpha value is -2.67. The number of likely N-dealkylation sites (tertiary alicyclic amines) is 1. The third-order valence-corrected chi connectivity index (χ3v) is 5.27. The fraction of sp³-hybridized carbons (Fsp3) is 0.400. The minimum Gasteiger partial charge on any atom is -0.369 e. The summed E-state index contributed by atoms with van der Waals surface area (Å²) in [6, 6.07) is 10.4. The van der Waals surface area contributed by atoms with Crippen molar-refractivity contribution in [2.24, 2.45) is 11.7 Å². The van der Waals surface area contributed by atoms with E-state index in [9.17, 15) is 14.4 Å². The normalized spacial score (nSPS) is 14.8. The SMILES string of the molecule is NC(=O)C1CCN(C(=O)CCCn2nc(-c3ccc(Cl)cc3)ccc2=O)CC1. The summed E-state index contributed by atoms with van der Waals surface area (Å²) in [6.07, 6.45) is 2.09. The number of carbonyl (C=O) groups excluding carboxylic acids is 2. The van der Waals surface area contributed by atoms with Gasteiger partial charge in [0.2, 0.25) is 11.8 Å². The van der Waals surface area contributed by atoms with Crippen LogP contribution >= 0.6 is 11.6 Å². The van der Waals surface area contributed by atoms with Gasteiger partial charge in [0, 0.05) is 48.6 Å². The fourth-order valence-electron chi connectivity index (χ4n) is 3.34. The molecule has 2 aromatic rings. The zero-order valence-corrected chi connectivity index (χ0v) is 16.3. The maximum absolute atomic E-state index is 12.4. The first kappa shape index (κ1) is 20.1. The van der Waals surface area contributed by atoms with Crippen LogP contribution in [0, 0.1) is 5.92 Å². The van der Waals surface area contributed by atoms with Crippen LogP contribution in [0.4, 0.5) is 0 Å². The summed E-state index contributed by atoms with van der Waals surface area (Å²) < 4.78 is 1.39. The van der Waals surface area contributed by atoms with Gasteiger partial charge in [-0.25, -0.2) is 4.68 Å². The molecule has 0 radical (unpaired) electrons. The van der Waals surface area contributed by atoms with Crippen molar-refractivity contribution in [3.63, 3.8) is 0 Å². The highest BCUT2D eigenvalue weighted by atomic mass is 35.5. The first-order valence-electron chi connectivity index (χ1n) is 9.35. The van der Waals surface area contributed by atoms with Crippen molar-refractivity contribution >= 4 is 23.4 Å². The maximum atomic E-state index is 12.4. The summed E-state index contributed by atoms with van der Waals surface area (Å²) >= 11 is 5.91. The molecule has 2 heterocycles. The number of rotatable bonds is 6. The highest BCUT2D eigenvalue weighted by molar-refractivity contribution is 6.30. The Morgan fingerprint density at radius 2 is 1.79 bits per heavy atom. The second kappa shape index (κ2) is 9.01. The van der Waals surface area contributed by atoms with Gasteiger partial charge >= 0.3 is 0 Å². The molecule has 0 aliphatic carbocycles. The Morgan fingerprint density at radius 3 is 2.43 bits per heavy atom. The van der Waals surface area contributed by atoms with E-state index in [4.69, 9.17) is 17.3 Å². The van der Waals surface area contributed by atoms with Gasteiger partial charge in [0.1, 0.15) is 0 Å². The number of benzene rings is 1. The van der Waals surface area contributed by atoms with Gasteiger partial charge in [-0.15, -0.1) is 0 Å². The van der Waals surface area contributed by atoms with E-state index in [1.807, 2.05) is 12.1 Å². The van der Waals surface area contributed by atoms with E-state index < -0.39 is 0 Å². The third-order valence-electron chi connectivity index (χ3n) is 5.02. The highest BCUT2D eigenvalue weighted by Gasteiger charge is 2.25. The molecule has 0 atom stereocenters. The van der Waals surface area contributed by atoms with Crippen molar-refractivity contribution < 1.29 is 9.59 Å². The van der Waals surface area contributed by atoms with Crippen molar-refractivity contribution in [2.45, 2.75) is 32.2 Å². The van der Waals surface area contributed by atoms with Crippen LogP contribution in [0.2, 0.25) is 5.02 Å². The molecule has 8 heteroatoms. The van der Waals surface area contributed by atoms with Gasteiger partial charge in [-0.3, -0.25) is 14.4 Å². The number of amides is 2. The molecule has 2 N–H and O–H groups in total. The van der Waals surface area contributed by atoms with E-state index in [2.05, 4.69) is 5.10 Å². The van der Waals surface area contributed by atoms with Crippen molar-refractivity contribution in [1.29, 1.82) is 0 Å². The van der Waals surface area contributed by atoms with Gasteiger partial charge < -0.3 is 10.6 Å². The van der Waals surface area contributed by atoms with Gasteiger partial charge in [0.25, 0.3) is 5.56 Å². The number of aryl methyl sites for hydroxylation is 1. The summed E-state index contributed by atoms with van der Waals surface area (Å²) in [5.74, 6) is -0.398. The Bertz CT molecular complexity index is 902. The van der Waals surface area contributed by atoms with Crippen molar-refractivity contribution in [3.8, 4) is 11.3 Å². The predicted molar refractivity (Wildman–Crippen MR) is 107 cm³/mol. The first-order valence-corrected chi connectivity index (χ1v) is 9.73. The van der Waals surface area contributed by atoms with E-state index in [1.165, 1.54) is 10.7 Å². The van der Waals surface area contributed by atoms with Crippen LogP contribution < -0.4 is 11.3 Å². The Labute approximate surface area is 168 Å². The summed E-state index contributed by atoms with van der Waals surface area (Å²) in [5, 5.41) is 5.03. The molecule has 0 saturated carbocycles. The monoisotopic (exact) mass is 402 g/mol. The number of primary amides is 1. The Morgan fingerprint density at radius 1 is 1.11 bits per heavy atom. The van der Waals surface area contributed by atoms with E-state index >= 15 is 0 Å². The topological polar surface area (TPSA) is 98.3 Å². The van der Waals surface area contributed by atoms with Crippen LogP contribution in [0.25, 0.3) is 11.3 Å². The zero-order valence-electron chi connectivity index (χ0n) is 15.5. The molecule has 148 valence electrons. The molecule has 28 heavy (non-hydrogen) atoms. The molecule has 1 saturated heterocycles. The highest BCUT2D eigenvalue weighted by Crippen LogP contribution is 2.19. The number of piperidine rings is 1. The lowest BCUT2D eigenvalue weighted by Crippen LogP contribution is -2.41. The van der Waals surface area contributed by atoms with Crippen LogP contribution in [0.1, 0.15) is 25.7 Å². The quantitative estimate of drug-likeness (QED) is 0.799. The molecule has 1 aliphatic rings. The molecule has 1 fully saturated rings. The van der Waals surface area contributed by atoms with E-state index in [-0.39, 0.29) is 23.3 Å². The van der Waals surface area contributed by atoms with Crippen molar-refractivity contribution in [2.75, 3.05) is 13.1 Å². The number of nitrogens with two attached hydrogens (primary N) is 1. The number of hydrogen-bond acceptors (Lipinski definition) is 4. The second-order valence-electron chi connectivity index (χ2n) is 6.95. The number of hydrogen-bond donors (Lipinski definition) is 1. The van der Waals surface area contributed by atoms with Crippen LogP contribution in [-0.2, 0) is 16.1 Å². The molecule has 1 aromatic carbocycles. The fourth-order valence-corrected chi connectivity index (χ4v) is 3.46. The molecular formula is C20H23ClN4O3. The molecule has 7 nitrogen and oxygen atoms in total. The van der Waals surface area contributed by atoms with Crippen LogP contribution in [-0.4, -0.2) is 39.6 Å². The van der Waals surface area contributed by atoms with Gasteiger partial charge in [-0.2, -0.15) is 5.10 Å². The molecular weight excluding hydrogens is 380 g/mol. The molecule has 0 bridgehead atoms. The predicted octanol–water partition coefficient (Wildman–Crippen LogP) is 2.07. The number of halogens is 1. The Kier molecular flexibility index (Phi) is 6.46. The smallest absolute Gasteiger partial charge is 0.266 e. The Balaban J connectivity index is 1.55. The number of nitrogens with zero attached hydrogens (tertiary/aromatic N) is 3. The largest absolute Gasteiger partial charge is 0.369 e. The van der Waals surface area contributed by atoms with Crippen molar-refractivity contribution in [3.05, 3.63) is 51.8 Å². The summed E-state index contributed by atoms with van der Waals surface area (Å²) in [6.45, 7) is 1.47. The average Bonchev–Trinajstić information content (AvgIpc) is 2.70. The maximum Gasteiger partial charge on any atom is 0.266 e. The molecule has 1 aliphatic heterocycles. The summed E-state index contributed by atoms with van der Waals surface area (Å²) in [4.78, 5) is 37.4. The minimum atomic E-state index is -0.293. The molecule has 1 aromatic heterocycles. The number of carbonyl (C=O) groups is 2. The van der Waals surface area contributed by atoms with E-state index in [1.54, 1.807) is 23.1 Å². The molecule has 0 spiro atoms. The van der Waals surface area contributed by atoms with Gasteiger partial charge in [0.05, 0.1) is 5.69 Å². The second-order valence-corrected chi connectivity index (χ2v) is 7.38. The minimum absolute atomic E-state index is 0.0322. The molecule has 0 unspecified atom stereocenters. The molecule has 2 amide bonds. The van der Waals surface area contributed by atoms with Gasteiger partial charge in [0.15, 0.2) is 0 Å². The summed E-state index contributed by atoms with van der Waals surface area (Å²) in [7, 11) is 0. The lowest BCUT2D eigenvalue weighted by Gasteiger charge is -2.30. The lowest BCUT2D eigenvalue weighted by molar-refractivity contribution is -0.135. The van der Waals surface area contributed by atoms with Crippen molar-refractivity contribution in [1.82, 2.24) is 14.7 Å². The van der Waals surface area contributed by atoms with Gasteiger partial charge in [-0.1, -0.05) is 23.7 Å². The van der Waals surface area contributed by atoms with Crippen LogP contribution in [0.5, 0.6) is 0 Å². The summed E-state index contributed by atoms with van der Waals surface area (Å²) in [5.41, 5.74) is 6.66. The van der Waals surface area contributed by atoms with Crippen LogP contribution in [0.15, 0.2) is 41.2 Å². The van der Waals surface area contributed by atoms with Crippen LogP contribution in [0.3, 0.4) is 0 Å². The third kappa shape index (κ3) is 4.98. The average molecular weight is 403 g/mol. The van der Waals surface area contributed by atoms with E-state index in [0.29, 0.717) is 56.0 Å². The van der Waals surface area contributed by atoms with Gasteiger partial charge in [-0.05, 0) is 37.5 Å². The standard InChI is InChI=1S/C20H23ClN4O3/c21-16-5-3-14(4-6-16)17-7-8-19(27)25(23-17)11-1-2-18(26)24-12-9-15(10-13-24)20(22)28/h3-8,15H,1-2,9-13H2,(H2,22,28). The molecule has 3 rings (SSSR count). The number of aromatic nitrogens is 2. The first-order chi connectivity index (χ1) is 13.4.